The minimum Gasteiger partial charge on any atom is -0.383 e. The van der Waals surface area contributed by atoms with E-state index in [0.717, 1.165) is 56.2 Å². The molecule has 5 nitrogen and oxygen atoms in total. The average molecular weight is 291 g/mol. The largest absolute Gasteiger partial charge is 0.383 e. The van der Waals surface area contributed by atoms with Crippen LogP contribution in [0.3, 0.4) is 0 Å². The molecule has 1 fully saturated rings. The topological polar surface area (TPSA) is 58.3 Å². The van der Waals surface area contributed by atoms with Gasteiger partial charge in [0.2, 0.25) is 0 Å². The van der Waals surface area contributed by atoms with Crippen LogP contribution in [0.15, 0.2) is 0 Å². The number of anilines is 2. The van der Waals surface area contributed by atoms with Crippen molar-refractivity contribution in [3.05, 3.63) is 11.4 Å². The van der Waals surface area contributed by atoms with Gasteiger partial charge in [0, 0.05) is 44.2 Å². The van der Waals surface area contributed by atoms with Gasteiger partial charge in [0.05, 0.1) is 0 Å². The fraction of sp³-hybridized carbons (Fsp3) is 0.750. The number of nitrogens with two attached hydrogens (primary N) is 1. The van der Waals surface area contributed by atoms with E-state index in [1.165, 1.54) is 6.42 Å². The lowest BCUT2D eigenvalue weighted by Crippen LogP contribution is -2.50. The first-order chi connectivity index (χ1) is 10.1. The van der Waals surface area contributed by atoms with Crippen molar-refractivity contribution in [1.82, 2.24) is 14.9 Å². The Labute approximate surface area is 128 Å². The van der Waals surface area contributed by atoms with E-state index in [1.807, 2.05) is 6.92 Å². The SMILES string of the molecule is CCCc1nc(N)c(C)c(N2CCN(C(C)CC)CC2)n1. The monoisotopic (exact) mass is 291 g/mol. The molecule has 2 heterocycles. The second kappa shape index (κ2) is 7.07. The molecule has 1 aromatic heterocycles. The number of hydrogen-bond donors (Lipinski definition) is 1. The van der Waals surface area contributed by atoms with Crippen LogP contribution in [0.5, 0.6) is 0 Å². The lowest BCUT2D eigenvalue weighted by atomic mass is 10.1. The van der Waals surface area contributed by atoms with Gasteiger partial charge in [-0.2, -0.15) is 0 Å². The molecule has 1 saturated heterocycles. The summed E-state index contributed by atoms with van der Waals surface area (Å²) in [5, 5.41) is 0. The first kappa shape index (κ1) is 16.0. The van der Waals surface area contributed by atoms with Gasteiger partial charge in [-0.25, -0.2) is 9.97 Å². The van der Waals surface area contributed by atoms with Gasteiger partial charge in [-0.3, -0.25) is 4.90 Å². The molecule has 0 amide bonds. The average Bonchev–Trinajstić information content (AvgIpc) is 2.50. The van der Waals surface area contributed by atoms with Crippen molar-refractivity contribution in [2.45, 2.75) is 53.0 Å². The minimum absolute atomic E-state index is 0.632. The maximum Gasteiger partial charge on any atom is 0.137 e. The molecule has 1 aliphatic rings. The van der Waals surface area contributed by atoms with Crippen LogP contribution in [0.4, 0.5) is 11.6 Å². The Balaban J connectivity index is 2.12. The highest BCUT2D eigenvalue weighted by atomic mass is 15.3. The van der Waals surface area contributed by atoms with Crippen LogP contribution >= 0.6 is 0 Å². The Morgan fingerprint density at radius 3 is 2.38 bits per heavy atom. The molecule has 5 heteroatoms. The zero-order valence-electron chi connectivity index (χ0n) is 13.9. The van der Waals surface area contributed by atoms with Crippen LogP contribution in [0.2, 0.25) is 0 Å². The third-order valence-electron chi connectivity index (χ3n) is 4.51. The van der Waals surface area contributed by atoms with E-state index >= 15 is 0 Å². The van der Waals surface area contributed by atoms with Crippen molar-refractivity contribution in [1.29, 1.82) is 0 Å². The van der Waals surface area contributed by atoms with Gasteiger partial charge in [0.1, 0.15) is 17.5 Å². The van der Waals surface area contributed by atoms with Crippen LogP contribution in [-0.2, 0) is 6.42 Å². The van der Waals surface area contributed by atoms with Crippen LogP contribution < -0.4 is 10.6 Å². The lowest BCUT2D eigenvalue weighted by Gasteiger charge is -2.39. The number of piperazine rings is 1. The van der Waals surface area contributed by atoms with Gasteiger partial charge in [0.25, 0.3) is 0 Å². The third-order valence-corrected chi connectivity index (χ3v) is 4.51. The summed E-state index contributed by atoms with van der Waals surface area (Å²) in [7, 11) is 0. The number of rotatable bonds is 5. The van der Waals surface area contributed by atoms with Crippen LogP contribution in [0.25, 0.3) is 0 Å². The second-order valence-corrected chi connectivity index (χ2v) is 6.00. The van der Waals surface area contributed by atoms with Gasteiger partial charge < -0.3 is 10.6 Å². The van der Waals surface area contributed by atoms with E-state index < -0.39 is 0 Å². The predicted octanol–water partition coefficient (Wildman–Crippen LogP) is 2.24. The molecular formula is C16H29N5. The molecule has 2 N–H and O–H groups in total. The summed E-state index contributed by atoms with van der Waals surface area (Å²) in [5.74, 6) is 2.54. The molecule has 1 aromatic rings. The van der Waals surface area contributed by atoms with Crippen molar-refractivity contribution >= 4 is 11.6 Å². The standard InChI is InChI=1S/C16H29N5/c1-5-7-14-18-15(17)13(4)16(19-14)21-10-8-20(9-11-21)12(3)6-2/h12H,5-11H2,1-4H3,(H2,17,18,19). The number of aromatic nitrogens is 2. The highest BCUT2D eigenvalue weighted by Crippen LogP contribution is 2.23. The Bertz CT molecular complexity index is 466. The number of aryl methyl sites for hydroxylation is 1. The van der Waals surface area contributed by atoms with Crippen molar-refractivity contribution in [3.63, 3.8) is 0 Å². The molecule has 1 atom stereocenters. The summed E-state index contributed by atoms with van der Waals surface area (Å²) >= 11 is 0. The molecule has 1 aliphatic heterocycles. The summed E-state index contributed by atoms with van der Waals surface area (Å²) in [6.45, 7) is 13.0. The van der Waals surface area contributed by atoms with Crippen molar-refractivity contribution < 1.29 is 0 Å². The van der Waals surface area contributed by atoms with Gasteiger partial charge >= 0.3 is 0 Å². The molecule has 1 unspecified atom stereocenters. The van der Waals surface area contributed by atoms with E-state index in [-0.39, 0.29) is 0 Å². The maximum atomic E-state index is 6.07. The summed E-state index contributed by atoms with van der Waals surface area (Å²) in [5.41, 5.74) is 7.09. The molecular weight excluding hydrogens is 262 g/mol. The Kier molecular flexibility index (Phi) is 5.39. The molecule has 0 aromatic carbocycles. The van der Waals surface area contributed by atoms with Crippen molar-refractivity contribution in [2.75, 3.05) is 36.8 Å². The van der Waals surface area contributed by atoms with Crippen LogP contribution in [-0.4, -0.2) is 47.1 Å². The number of hydrogen-bond acceptors (Lipinski definition) is 5. The van der Waals surface area contributed by atoms with E-state index in [9.17, 15) is 0 Å². The molecule has 0 aliphatic carbocycles. The summed E-state index contributed by atoms with van der Waals surface area (Å²) in [6, 6.07) is 0.666. The summed E-state index contributed by atoms with van der Waals surface area (Å²) in [4.78, 5) is 14.1. The van der Waals surface area contributed by atoms with Crippen molar-refractivity contribution in [2.24, 2.45) is 0 Å². The number of nitrogens with zero attached hydrogens (tertiary/aromatic N) is 4. The van der Waals surface area contributed by atoms with E-state index in [2.05, 4.69) is 35.6 Å². The normalized spacial score (nSPS) is 18.0. The highest BCUT2D eigenvalue weighted by Gasteiger charge is 2.23. The second-order valence-electron chi connectivity index (χ2n) is 6.00. The van der Waals surface area contributed by atoms with Crippen molar-refractivity contribution in [3.8, 4) is 0 Å². The van der Waals surface area contributed by atoms with Crippen LogP contribution in [0.1, 0.15) is 45.0 Å². The molecule has 0 saturated carbocycles. The summed E-state index contributed by atoms with van der Waals surface area (Å²) < 4.78 is 0. The Hall–Kier alpha value is -1.36. The lowest BCUT2D eigenvalue weighted by molar-refractivity contribution is 0.192. The summed E-state index contributed by atoms with van der Waals surface area (Å²) in [6.07, 6.45) is 3.15. The molecule has 0 spiro atoms. The molecule has 21 heavy (non-hydrogen) atoms. The van der Waals surface area contributed by atoms with E-state index in [1.54, 1.807) is 0 Å². The van der Waals surface area contributed by atoms with Gasteiger partial charge in [-0.1, -0.05) is 13.8 Å². The van der Waals surface area contributed by atoms with Gasteiger partial charge in [-0.05, 0) is 26.7 Å². The fourth-order valence-corrected chi connectivity index (χ4v) is 2.84. The minimum atomic E-state index is 0.632. The van der Waals surface area contributed by atoms with Crippen LogP contribution in [0, 0.1) is 6.92 Å². The predicted molar refractivity (Wildman–Crippen MR) is 88.7 cm³/mol. The molecule has 118 valence electrons. The zero-order valence-corrected chi connectivity index (χ0v) is 13.9. The highest BCUT2D eigenvalue weighted by molar-refractivity contribution is 5.56. The molecule has 2 rings (SSSR count). The van der Waals surface area contributed by atoms with E-state index in [4.69, 9.17) is 10.7 Å². The first-order valence-electron chi connectivity index (χ1n) is 8.18. The zero-order chi connectivity index (χ0) is 15.4. The Morgan fingerprint density at radius 2 is 1.81 bits per heavy atom. The quantitative estimate of drug-likeness (QED) is 0.901. The number of nitrogen functional groups attached to an aromatic ring is 1. The Morgan fingerprint density at radius 1 is 1.14 bits per heavy atom. The first-order valence-corrected chi connectivity index (χ1v) is 8.18. The van der Waals surface area contributed by atoms with Gasteiger partial charge in [-0.15, -0.1) is 0 Å². The molecule has 0 bridgehead atoms. The smallest absolute Gasteiger partial charge is 0.137 e. The van der Waals surface area contributed by atoms with Gasteiger partial charge in [0.15, 0.2) is 0 Å². The maximum absolute atomic E-state index is 6.07. The van der Waals surface area contributed by atoms with E-state index in [0.29, 0.717) is 11.9 Å². The molecule has 0 radical (unpaired) electrons. The fourth-order valence-electron chi connectivity index (χ4n) is 2.84. The third kappa shape index (κ3) is 3.64.